The molecule has 0 fully saturated rings. The Morgan fingerprint density at radius 1 is 1.20 bits per heavy atom. The highest BCUT2D eigenvalue weighted by Gasteiger charge is 2.03. The molecule has 2 heterocycles. The van der Waals surface area contributed by atoms with Crippen LogP contribution in [0.15, 0.2) is 30.6 Å². The van der Waals surface area contributed by atoms with Gasteiger partial charge in [0.1, 0.15) is 0 Å². The van der Waals surface area contributed by atoms with Gasteiger partial charge >= 0.3 is 0 Å². The number of nitrogens with one attached hydrogen (secondary N) is 1. The molecule has 0 aliphatic carbocycles. The molecule has 15 heavy (non-hydrogen) atoms. The van der Waals surface area contributed by atoms with Crippen molar-refractivity contribution >= 4 is 5.82 Å². The average Bonchev–Trinajstić information content (AvgIpc) is 2.29. The molecule has 0 aromatic carbocycles. The SMILES string of the molecule is Cc1cc(NO)nc(-c2ccncc2)n1. The quantitative estimate of drug-likeness (QED) is 0.724. The molecule has 0 aliphatic rings. The Bertz CT molecular complexity index is 458. The first kappa shape index (κ1) is 9.54. The van der Waals surface area contributed by atoms with Gasteiger partial charge < -0.3 is 0 Å². The van der Waals surface area contributed by atoms with Gasteiger partial charge in [-0.15, -0.1) is 0 Å². The highest BCUT2D eigenvalue weighted by atomic mass is 16.5. The molecule has 2 rings (SSSR count). The van der Waals surface area contributed by atoms with Crippen LogP contribution in [0.5, 0.6) is 0 Å². The maximum atomic E-state index is 8.78. The number of pyridine rings is 1. The maximum Gasteiger partial charge on any atom is 0.161 e. The summed E-state index contributed by atoms with van der Waals surface area (Å²) in [6.07, 6.45) is 3.35. The van der Waals surface area contributed by atoms with Crippen LogP contribution in [0.1, 0.15) is 5.69 Å². The van der Waals surface area contributed by atoms with Crippen LogP contribution in [0.3, 0.4) is 0 Å². The largest absolute Gasteiger partial charge is 0.290 e. The number of anilines is 1. The van der Waals surface area contributed by atoms with E-state index in [0.29, 0.717) is 11.6 Å². The standard InChI is InChI=1S/C10H10N4O/c1-7-6-9(14-15)13-10(12-7)8-2-4-11-5-3-8/h2-6,15H,1H3,(H,12,13,14). The molecular weight excluding hydrogens is 192 g/mol. The fourth-order valence-electron chi connectivity index (χ4n) is 1.26. The van der Waals surface area contributed by atoms with Gasteiger partial charge in [-0.05, 0) is 19.1 Å². The minimum atomic E-state index is 0.384. The Morgan fingerprint density at radius 3 is 2.60 bits per heavy atom. The van der Waals surface area contributed by atoms with Gasteiger partial charge in [0, 0.05) is 29.7 Å². The predicted molar refractivity (Wildman–Crippen MR) is 55.4 cm³/mol. The number of hydrogen-bond acceptors (Lipinski definition) is 5. The molecule has 76 valence electrons. The molecule has 0 aliphatic heterocycles. The third-order valence-corrected chi connectivity index (χ3v) is 1.91. The topological polar surface area (TPSA) is 70.9 Å². The monoisotopic (exact) mass is 202 g/mol. The number of aryl methyl sites for hydroxylation is 1. The zero-order chi connectivity index (χ0) is 10.7. The summed E-state index contributed by atoms with van der Waals surface area (Å²) < 4.78 is 0. The molecule has 0 unspecified atom stereocenters. The van der Waals surface area contributed by atoms with Crippen LogP contribution >= 0.6 is 0 Å². The Kier molecular flexibility index (Phi) is 2.55. The van der Waals surface area contributed by atoms with E-state index < -0.39 is 0 Å². The van der Waals surface area contributed by atoms with Crippen LogP contribution in [0.4, 0.5) is 5.82 Å². The molecule has 5 heteroatoms. The molecule has 0 bridgehead atoms. The van der Waals surface area contributed by atoms with E-state index >= 15 is 0 Å². The van der Waals surface area contributed by atoms with Crippen molar-refractivity contribution < 1.29 is 5.21 Å². The lowest BCUT2D eigenvalue weighted by atomic mass is 10.2. The third kappa shape index (κ3) is 2.08. The van der Waals surface area contributed by atoms with Gasteiger partial charge in [0.15, 0.2) is 11.6 Å². The van der Waals surface area contributed by atoms with Crippen molar-refractivity contribution in [2.75, 3.05) is 5.48 Å². The average molecular weight is 202 g/mol. The molecule has 0 saturated heterocycles. The second kappa shape index (κ2) is 4.02. The molecule has 0 radical (unpaired) electrons. The van der Waals surface area contributed by atoms with Gasteiger partial charge in [-0.1, -0.05) is 0 Å². The normalized spacial score (nSPS) is 10.0. The summed E-state index contributed by atoms with van der Waals surface area (Å²) in [5.41, 5.74) is 3.66. The number of rotatable bonds is 2. The highest BCUT2D eigenvalue weighted by molar-refractivity contribution is 5.56. The maximum absolute atomic E-state index is 8.78. The molecular formula is C10H10N4O. The first-order valence-corrected chi connectivity index (χ1v) is 4.46. The van der Waals surface area contributed by atoms with Crippen molar-refractivity contribution in [1.29, 1.82) is 0 Å². The van der Waals surface area contributed by atoms with Crippen molar-refractivity contribution in [1.82, 2.24) is 15.0 Å². The van der Waals surface area contributed by atoms with Crippen molar-refractivity contribution in [2.45, 2.75) is 6.92 Å². The van der Waals surface area contributed by atoms with Gasteiger partial charge in [-0.2, -0.15) is 0 Å². The Balaban J connectivity index is 2.49. The van der Waals surface area contributed by atoms with Gasteiger partial charge in [0.2, 0.25) is 0 Å². The van der Waals surface area contributed by atoms with E-state index in [1.807, 2.05) is 24.5 Å². The van der Waals surface area contributed by atoms with Crippen molar-refractivity contribution in [3.8, 4) is 11.4 Å². The second-order valence-corrected chi connectivity index (χ2v) is 3.07. The van der Waals surface area contributed by atoms with E-state index in [0.717, 1.165) is 11.3 Å². The van der Waals surface area contributed by atoms with E-state index in [2.05, 4.69) is 15.0 Å². The smallest absolute Gasteiger partial charge is 0.161 e. The van der Waals surface area contributed by atoms with Gasteiger partial charge in [0.25, 0.3) is 0 Å². The van der Waals surface area contributed by atoms with Gasteiger partial charge in [0.05, 0.1) is 0 Å². The van der Waals surface area contributed by atoms with Gasteiger partial charge in [-0.25, -0.2) is 9.97 Å². The summed E-state index contributed by atoms with van der Waals surface area (Å²) in [5, 5.41) is 8.78. The zero-order valence-corrected chi connectivity index (χ0v) is 8.18. The van der Waals surface area contributed by atoms with E-state index in [-0.39, 0.29) is 0 Å². The molecule has 2 aromatic heterocycles. The molecule has 5 nitrogen and oxygen atoms in total. The summed E-state index contributed by atoms with van der Waals surface area (Å²) in [7, 11) is 0. The summed E-state index contributed by atoms with van der Waals surface area (Å²) in [6.45, 7) is 1.84. The van der Waals surface area contributed by atoms with E-state index in [1.54, 1.807) is 18.5 Å². The minimum Gasteiger partial charge on any atom is -0.290 e. The number of hydrogen-bond donors (Lipinski definition) is 2. The molecule has 0 amide bonds. The molecule has 2 aromatic rings. The predicted octanol–water partition coefficient (Wildman–Crippen LogP) is 1.65. The van der Waals surface area contributed by atoms with Crippen molar-refractivity contribution in [3.63, 3.8) is 0 Å². The van der Waals surface area contributed by atoms with E-state index in [9.17, 15) is 0 Å². The lowest BCUT2D eigenvalue weighted by Crippen LogP contribution is -1.98. The van der Waals surface area contributed by atoms with E-state index in [1.165, 1.54) is 0 Å². The number of aromatic nitrogens is 3. The summed E-state index contributed by atoms with van der Waals surface area (Å²) in [5.74, 6) is 0.947. The van der Waals surface area contributed by atoms with E-state index in [4.69, 9.17) is 5.21 Å². The van der Waals surface area contributed by atoms with Crippen molar-refractivity contribution in [2.24, 2.45) is 0 Å². The Labute approximate surface area is 86.8 Å². The minimum absolute atomic E-state index is 0.384. The summed E-state index contributed by atoms with van der Waals surface area (Å²) in [4.78, 5) is 12.3. The second-order valence-electron chi connectivity index (χ2n) is 3.07. The zero-order valence-electron chi connectivity index (χ0n) is 8.18. The molecule has 0 atom stereocenters. The van der Waals surface area contributed by atoms with Crippen molar-refractivity contribution in [3.05, 3.63) is 36.3 Å². The first-order chi connectivity index (χ1) is 7.29. The fourth-order valence-corrected chi connectivity index (χ4v) is 1.26. The summed E-state index contributed by atoms with van der Waals surface area (Å²) >= 11 is 0. The fraction of sp³-hybridized carbons (Fsp3) is 0.100. The van der Waals surface area contributed by atoms with Crippen LogP contribution in [-0.4, -0.2) is 20.2 Å². The van der Waals surface area contributed by atoms with Crippen LogP contribution in [0.2, 0.25) is 0 Å². The summed E-state index contributed by atoms with van der Waals surface area (Å²) in [6, 6.07) is 5.29. The molecule has 0 spiro atoms. The van der Waals surface area contributed by atoms with Gasteiger partial charge in [-0.3, -0.25) is 15.7 Å². The Hall–Kier alpha value is -2.01. The lowest BCUT2D eigenvalue weighted by molar-refractivity contribution is 0.386. The lowest BCUT2D eigenvalue weighted by Gasteiger charge is -2.04. The third-order valence-electron chi connectivity index (χ3n) is 1.91. The molecule has 0 saturated carbocycles. The first-order valence-electron chi connectivity index (χ1n) is 4.46. The molecule has 2 N–H and O–H groups in total. The highest BCUT2D eigenvalue weighted by Crippen LogP contribution is 2.16. The van der Waals surface area contributed by atoms with Crippen LogP contribution < -0.4 is 5.48 Å². The van der Waals surface area contributed by atoms with Crippen LogP contribution in [0, 0.1) is 6.92 Å². The van der Waals surface area contributed by atoms with Crippen LogP contribution in [-0.2, 0) is 0 Å². The Morgan fingerprint density at radius 2 is 1.93 bits per heavy atom. The van der Waals surface area contributed by atoms with Crippen LogP contribution in [0.25, 0.3) is 11.4 Å². The number of nitrogens with zero attached hydrogens (tertiary/aromatic N) is 3.